The number of H-pyrrole nitrogens is 1. The summed E-state index contributed by atoms with van der Waals surface area (Å²) in [6.07, 6.45) is 4.00. The number of rotatable bonds is 3. The van der Waals surface area contributed by atoms with Gasteiger partial charge in [0.15, 0.2) is 5.65 Å². The third kappa shape index (κ3) is 3.21. The molecule has 2 amide bonds. The van der Waals surface area contributed by atoms with Gasteiger partial charge in [0, 0.05) is 24.8 Å². The van der Waals surface area contributed by atoms with Crippen LogP contribution in [0, 0.1) is 5.82 Å². The lowest BCUT2D eigenvalue weighted by molar-refractivity contribution is 0.249. The number of nitrogens with one attached hydrogen (secondary N) is 3. The molecule has 2 aromatic heterocycles. The van der Waals surface area contributed by atoms with E-state index >= 15 is 0 Å². The molecule has 0 spiro atoms. The number of fused-ring (bicyclic) bond motifs is 1. The SMILES string of the molecule is O=C(Nc1ccc(F)cc1)N[C@@H]1CCN(c2ncnc3[nH]ncc23)C1. The highest BCUT2D eigenvalue weighted by Gasteiger charge is 2.26. The summed E-state index contributed by atoms with van der Waals surface area (Å²) in [7, 11) is 0. The highest BCUT2D eigenvalue weighted by Crippen LogP contribution is 2.24. The first-order chi connectivity index (χ1) is 12.2. The number of carbonyl (C=O) groups is 1. The van der Waals surface area contributed by atoms with Crippen molar-refractivity contribution in [2.24, 2.45) is 0 Å². The van der Waals surface area contributed by atoms with E-state index < -0.39 is 0 Å². The molecule has 25 heavy (non-hydrogen) atoms. The maximum atomic E-state index is 12.9. The fourth-order valence-corrected chi connectivity index (χ4v) is 2.96. The summed E-state index contributed by atoms with van der Waals surface area (Å²) in [6.45, 7) is 1.42. The summed E-state index contributed by atoms with van der Waals surface area (Å²) in [5.41, 5.74) is 1.24. The van der Waals surface area contributed by atoms with E-state index in [4.69, 9.17) is 0 Å². The minimum absolute atomic E-state index is 0.00244. The van der Waals surface area contributed by atoms with Gasteiger partial charge in [-0.25, -0.2) is 19.2 Å². The number of carbonyl (C=O) groups excluding carboxylic acids is 1. The van der Waals surface area contributed by atoms with Gasteiger partial charge < -0.3 is 15.5 Å². The van der Waals surface area contributed by atoms with Crippen molar-refractivity contribution < 1.29 is 9.18 Å². The molecule has 3 heterocycles. The summed E-state index contributed by atoms with van der Waals surface area (Å²) in [5, 5.41) is 13.3. The van der Waals surface area contributed by atoms with E-state index in [0.29, 0.717) is 17.9 Å². The van der Waals surface area contributed by atoms with Gasteiger partial charge in [0.25, 0.3) is 0 Å². The van der Waals surface area contributed by atoms with Crippen molar-refractivity contribution in [3.8, 4) is 0 Å². The number of aromatic amines is 1. The molecule has 8 nitrogen and oxygen atoms in total. The topological polar surface area (TPSA) is 98.8 Å². The normalized spacial score (nSPS) is 17.0. The van der Waals surface area contributed by atoms with Crippen LogP contribution in [0.15, 0.2) is 36.8 Å². The molecule has 3 N–H and O–H groups in total. The number of halogens is 1. The van der Waals surface area contributed by atoms with Crippen molar-refractivity contribution in [2.75, 3.05) is 23.3 Å². The van der Waals surface area contributed by atoms with Crippen LogP contribution in [0.4, 0.5) is 20.7 Å². The monoisotopic (exact) mass is 341 g/mol. The average Bonchev–Trinajstić information content (AvgIpc) is 3.25. The second-order valence-corrected chi connectivity index (χ2v) is 5.87. The Labute approximate surface area is 142 Å². The standard InChI is InChI=1S/C16H16FN7O/c17-10-1-3-11(4-2-10)21-16(25)22-12-5-6-24(8-12)15-13-7-20-23-14(13)18-9-19-15/h1-4,7,9,12H,5-6,8H2,(H2,21,22,25)(H,18,19,20,23)/t12-/m1/s1. The Hall–Kier alpha value is -3.23. The lowest BCUT2D eigenvalue weighted by Gasteiger charge is -2.18. The maximum absolute atomic E-state index is 12.9. The van der Waals surface area contributed by atoms with Crippen molar-refractivity contribution in [3.05, 3.63) is 42.6 Å². The van der Waals surface area contributed by atoms with E-state index in [1.54, 1.807) is 6.20 Å². The molecule has 0 saturated carbocycles. The zero-order valence-corrected chi connectivity index (χ0v) is 13.2. The molecule has 4 rings (SSSR count). The van der Waals surface area contributed by atoms with Gasteiger partial charge in [-0.3, -0.25) is 5.10 Å². The molecule has 1 saturated heterocycles. The fourth-order valence-electron chi connectivity index (χ4n) is 2.96. The molecule has 0 aliphatic carbocycles. The molecule has 0 radical (unpaired) electrons. The number of amides is 2. The van der Waals surface area contributed by atoms with Gasteiger partial charge in [-0.2, -0.15) is 5.10 Å². The Bertz CT molecular complexity index is 895. The molecule has 1 aliphatic heterocycles. The maximum Gasteiger partial charge on any atom is 0.319 e. The van der Waals surface area contributed by atoms with Gasteiger partial charge >= 0.3 is 6.03 Å². The number of hydrogen-bond donors (Lipinski definition) is 3. The van der Waals surface area contributed by atoms with E-state index in [1.807, 2.05) is 0 Å². The quantitative estimate of drug-likeness (QED) is 0.676. The first-order valence-corrected chi connectivity index (χ1v) is 7.91. The van der Waals surface area contributed by atoms with Crippen LogP contribution in [0.1, 0.15) is 6.42 Å². The van der Waals surface area contributed by atoms with Gasteiger partial charge in [0.05, 0.1) is 11.6 Å². The molecule has 3 aromatic rings. The third-order valence-corrected chi connectivity index (χ3v) is 4.15. The van der Waals surface area contributed by atoms with E-state index in [1.165, 1.54) is 30.6 Å². The van der Waals surface area contributed by atoms with Crippen molar-refractivity contribution in [2.45, 2.75) is 12.5 Å². The average molecular weight is 341 g/mol. The number of anilines is 2. The molecular formula is C16H16FN7O. The Balaban J connectivity index is 1.38. The van der Waals surface area contributed by atoms with Crippen LogP contribution in [0.3, 0.4) is 0 Å². The molecule has 128 valence electrons. The molecule has 0 bridgehead atoms. The Kier molecular flexibility index (Phi) is 3.88. The molecule has 1 aliphatic rings. The van der Waals surface area contributed by atoms with Crippen LogP contribution in [0.2, 0.25) is 0 Å². The zero-order chi connectivity index (χ0) is 17.2. The van der Waals surface area contributed by atoms with E-state index in [-0.39, 0.29) is 17.9 Å². The van der Waals surface area contributed by atoms with Gasteiger partial charge in [-0.15, -0.1) is 0 Å². The number of urea groups is 1. The lowest BCUT2D eigenvalue weighted by atomic mass is 10.2. The summed E-state index contributed by atoms with van der Waals surface area (Å²) >= 11 is 0. The second-order valence-electron chi connectivity index (χ2n) is 5.87. The van der Waals surface area contributed by atoms with Gasteiger partial charge in [-0.1, -0.05) is 0 Å². The van der Waals surface area contributed by atoms with Crippen LogP contribution in [0.5, 0.6) is 0 Å². The highest BCUT2D eigenvalue weighted by molar-refractivity contribution is 5.89. The highest BCUT2D eigenvalue weighted by atomic mass is 19.1. The fraction of sp³-hybridized carbons (Fsp3) is 0.250. The summed E-state index contributed by atoms with van der Waals surface area (Å²) in [5.74, 6) is 0.467. The first kappa shape index (κ1) is 15.3. The van der Waals surface area contributed by atoms with Crippen LogP contribution in [-0.2, 0) is 0 Å². The first-order valence-electron chi connectivity index (χ1n) is 7.91. The van der Waals surface area contributed by atoms with Crippen LogP contribution in [0.25, 0.3) is 11.0 Å². The predicted molar refractivity (Wildman–Crippen MR) is 90.9 cm³/mol. The van der Waals surface area contributed by atoms with E-state index in [2.05, 4.69) is 35.7 Å². The molecule has 0 unspecified atom stereocenters. The van der Waals surface area contributed by atoms with Gasteiger partial charge in [0.2, 0.25) is 0 Å². The van der Waals surface area contributed by atoms with E-state index in [0.717, 1.165) is 24.2 Å². The second kappa shape index (κ2) is 6.34. The predicted octanol–water partition coefficient (Wildman–Crippen LogP) is 1.89. The Morgan fingerprint density at radius 3 is 2.96 bits per heavy atom. The van der Waals surface area contributed by atoms with Crippen molar-refractivity contribution in [1.29, 1.82) is 0 Å². The molecule has 9 heteroatoms. The minimum atomic E-state index is -0.340. The van der Waals surface area contributed by atoms with Crippen molar-refractivity contribution in [3.63, 3.8) is 0 Å². The lowest BCUT2D eigenvalue weighted by Crippen LogP contribution is -2.39. The van der Waals surface area contributed by atoms with Crippen LogP contribution < -0.4 is 15.5 Å². The largest absolute Gasteiger partial charge is 0.354 e. The Morgan fingerprint density at radius 2 is 2.12 bits per heavy atom. The van der Waals surface area contributed by atoms with Crippen LogP contribution in [-0.4, -0.2) is 45.3 Å². The summed E-state index contributed by atoms with van der Waals surface area (Å²) < 4.78 is 12.9. The Morgan fingerprint density at radius 1 is 1.28 bits per heavy atom. The summed E-state index contributed by atoms with van der Waals surface area (Å²) in [4.78, 5) is 22.7. The number of aromatic nitrogens is 4. The van der Waals surface area contributed by atoms with Crippen molar-refractivity contribution in [1.82, 2.24) is 25.5 Å². The third-order valence-electron chi connectivity index (χ3n) is 4.15. The minimum Gasteiger partial charge on any atom is -0.354 e. The molecule has 1 atom stereocenters. The van der Waals surface area contributed by atoms with E-state index in [9.17, 15) is 9.18 Å². The smallest absolute Gasteiger partial charge is 0.319 e. The zero-order valence-electron chi connectivity index (χ0n) is 13.2. The molecular weight excluding hydrogens is 325 g/mol. The number of nitrogens with zero attached hydrogens (tertiary/aromatic N) is 4. The van der Waals surface area contributed by atoms with Crippen LogP contribution >= 0.6 is 0 Å². The molecule has 1 fully saturated rings. The molecule has 1 aromatic carbocycles. The van der Waals surface area contributed by atoms with Crippen molar-refractivity contribution >= 4 is 28.6 Å². The number of benzene rings is 1. The summed E-state index contributed by atoms with van der Waals surface area (Å²) in [6, 6.07) is 5.33. The van der Waals surface area contributed by atoms with Gasteiger partial charge in [-0.05, 0) is 30.7 Å². The van der Waals surface area contributed by atoms with Gasteiger partial charge in [0.1, 0.15) is 18.0 Å². The number of hydrogen-bond acceptors (Lipinski definition) is 5.